The molecule has 2 nitrogen and oxygen atoms in total. The highest BCUT2D eigenvalue weighted by Crippen LogP contribution is 2.44. The van der Waals surface area contributed by atoms with E-state index >= 15 is 0 Å². The van der Waals surface area contributed by atoms with E-state index in [1.54, 1.807) is 0 Å². The molecule has 1 aliphatic heterocycles. The average molecular weight is 249 g/mol. The highest BCUT2D eigenvalue weighted by Gasteiger charge is 2.36. The van der Waals surface area contributed by atoms with E-state index in [2.05, 4.69) is 18.4 Å². The second-order valence-electron chi connectivity index (χ2n) is 6.39. The van der Waals surface area contributed by atoms with Crippen molar-refractivity contribution in [3.8, 4) is 0 Å². The third kappa shape index (κ3) is 2.45. The molecule has 3 rings (SSSR count). The molecule has 0 radical (unpaired) electrons. The smallest absolute Gasteiger partial charge is 0.109 e. The highest BCUT2D eigenvalue weighted by atomic mass is 16.5. The lowest BCUT2D eigenvalue weighted by atomic mass is 9.66. The van der Waals surface area contributed by atoms with Gasteiger partial charge in [0.2, 0.25) is 0 Å². The highest BCUT2D eigenvalue weighted by molar-refractivity contribution is 5.09. The van der Waals surface area contributed by atoms with E-state index in [1.807, 2.05) is 0 Å². The third-order valence-corrected chi connectivity index (χ3v) is 5.40. The molecular formula is C16H27NO. The van der Waals surface area contributed by atoms with Gasteiger partial charge in [0.1, 0.15) is 5.76 Å². The summed E-state index contributed by atoms with van der Waals surface area (Å²) in [5, 5.41) is 3.52. The molecule has 0 aromatic rings. The summed E-state index contributed by atoms with van der Waals surface area (Å²) >= 11 is 0. The lowest BCUT2D eigenvalue weighted by molar-refractivity contribution is 0.100. The zero-order valence-corrected chi connectivity index (χ0v) is 11.7. The zero-order valence-electron chi connectivity index (χ0n) is 11.7. The molecule has 3 aliphatic rings. The van der Waals surface area contributed by atoms with Crippen molar-refractivity contribution >= 4 is 0 Å². The van der Waals surface area contributed by atoms with Crippen molar-refractivity contribution in [2.75, 3.05) is 13.7 Å². The predicted molar refractivity (Wildman–Crippen MR) is 74.3 cm³/mol. The summed E-state index contributed by atoms with van der Waals surface area (Å²) in [5.74, 6) is 4.09. The van der Waals surface area contributed by atoms with Gasteiger partial charge in [0.05, 0.1) is 12.6 Å². The van der Waals surface area contributed by atoms with E-state index in [0.717, 1.165) is 30.8 Å². The largest absolute Gasteiger partial charge is 0.496 e. The van der Waals surface area contributed by atoms with Crippen LogP contribution in [0.1, 0.15) is 51.4 Å². The molecule has 2 saturated carbocycles. The minimum absolute atomic E-state index is 0.482. The van der Waals surface area contributed by atoms with Gasteiger partial charge >= 0.3 is 0 Å². The molecule has 4 atom stereocenters. The lowest BCUT2D eigenvalue weighted by Gasteiger charge is -2.42. The molecular weight excluding hydrogens is 222 g/mol. The van der Waals surface area contributed by atoms with Gasteiger partial charge in [-0.1, -0.05) is 25.7 Å². The summed E-state index contributed by atoms with van der Waals surface area (Å²) in [4.78, 5) is 0. The molecule has 2 aliphatic carbocycles. The van der Waals surface area contributed by atoms with Crippen LogP contribution in [-0.4, -0.2) is 19.7 Å². The quantitative estimate of drug-likeness (QED) is 0.826. The summed E-state index contributed by atoms with van der Waals surface area (Å²) in [6, 6.07) is 0.482. The predicted octanol–water partition coefficient (Wildman–Crippen LogP) is 3.49. The van der Waals surface area contributed by atoms with Crippen LogP contribution in [0.4, 0.5) is 0 Å². The van der Waals surface area contributed by atoms with Crippen LogP contribution in [0, 0.1) is 17.8 Å². The van der Waals surface area contributed by atoms with E-state index in [0.29, 0.717) is 6.04 Å². The van der Waals surface area contributed by atoms with Gasteiger partial charge in [-0.05, 0) is 50.1 Å². The SMILES string of the molecule is CNC(C1=CCCO1)C1CCC2CCCCC2C1. The first-order valence-corrected chi connectivity index (χ1v) is 7.88. The van der Waals surface area contributed by atoms with Crippen molar-refractivity contribution < 1.29 is 4.74 Å². The fourth-order valence-electron chi connectivity index (χ4n) is 4.48. The lowest BCUT2D eigenvalue weighted by Crippen LogP contribution is -2.40. The maximum Gasteiger partial charge on any atom is 0.109 e. The Kier molecular flexibility index (Phi) is 3.93. The Morgan fingerprint density at radius 2 is 2.00 bits per heavy atom. The van der Waals surface area contributed by atoms with Crippen LogP contribution in [0.25, 0.3) is 0 Å². The van der Waals surface area contributed by atoms with Crippen LogP contribution < -0.4 is 5.32 Å². The zero-order chi connectivity index (χ0) is 12.4. The van der Waals surface area contributed by atoms with Crippen molar-refractivity contribution in [1.82, 2.24) is 5.32 Å². The number of fused-ring (bicyclic) bond motifs is 1. The Morgan fingerprint density at radius 3 is 2.72 bits per heavy atom. The summed E-state index contributed by atoms with van der Waals surface area (Å²) in [7, 11) is 2.10. The molecule has 1 N–H and O–H groups in total. The second-order valence-corrected chi connectivity index (χ2v) is 6.39. The second kappa shape index (κ2) is 5.64. The standard InChI is InChI=1S/C16H27NO/c1-17-16(15-7-4-10-18-15)14-9-8-12-5-2-3-6-13(12)11-14/h7,12-14,16-17H,2-6,8-11H2,1H3. The molecule has 2 heteroatoms. The fraction of sp³-hybridized carbons (Fsp3) is 0.875. The van der Waals surface area contributed by atoms with Gasteiger partial charge in [0, 0.05) is 6.42 Å². The Hall–Kier alpha value is -0.500. The third-order valence-electron chi connectivity index (χ3n) is 5.40. The van der Waals surface area contributed by atoms with Crippen molar-refractivity contribution in [2.24, 2.45) is 17.8 Å². The average Bonchev–Trinajstić information content (AvgIpc) is 2.93. The van der Waals surface area contributed by atoms with Crippen LogP contribution >= 0.6 is 0 Å². The molecule has 0 aromatic carbocycles. The van der Waals surface area contributed by atoms with Crippen molar-refractivity contribution in [3.63, 3.8) is 0 Å². The topological polar surface area (TPSA) is 21.3 Å². The van der Waals surface area contributed by atoms with E-state index in [4.69, 9.17) is 4.74 Å². The first-order chi connectivity index (χ1) is 8.88. The van der Waals surface area contributed by atoms with Gasteiger partial charge in [0.15, 0.2) is 0 Å². The first-order valence-electron chi connectivity index (χ1n) is 7.88. The maximum atomic E-state index is 5.79. The monoisotopic (exact) mass is 249 g/mol. The van der Waals surface area contributed by atoms with E-state index in [-0.39, 0.29) is 0 Å². The fourth-order valence-corrected chi connectivity index (χ4v) is 4.48. The maximum absolute atomic E-state index is 5.79. The molecule has 4 unspecified atom stereocenters. The summed E-state index contributed by atoms with van der Waals surface area (Å²) < 4.78 is 5.79. The van der Waals surface area contributed by atoms with Crippen LogP contribution in [0.15, 0.2) is 11.8 Å². The number of hydrogen-bond donors (Lipinski definition) is 1. The Balaban J connectivity index is 1.64. The van der Waals surface area contributed by atoms with Gasteiger partial charge in [0.25, 0.3) is 0 Å². The number of rotatable bonds is 3. The Labute approximate surface area is 111 Å². The molecule has 1 heterocycles. The van der Waals surface area contributed by atoms with Crippen LogP contribution in [0.3, 0.4) is 0 Å². The van der Waals surface area contributed by atoms with E-state index in [1.165, 1.54) is 50.7 Å². The van der Waals surface area contributed by atoms with Gasteiger partial charge in [-0.2, -0.15) is 0 Å². The minimum atomic E-state index is 0.482. The van der Waals surface area contributed by atoms with Crippen LogP contribution in [-0.2, 0) is 4.74 Å². The van der Waals surface area contributed by atoms with Gasteiger partial charge < -0.3 is 10.1 Å². The number of ether oxygens (including phenoxy) is 1. The van der Waals surface area contributed by atoms with Crippen LogP contribution in [0.2, 0.25) is 0 Å². The molecule has 0 aromatic heterocycles. The Bertz CT molecular complexity index is 312. The van der Waals surface area contributed by atoms with E-state index in [9.17, 15) is 0 Å². The van der Waals surface area contributed by atoms with Gasteiger partial charge in [-0.3, -0.25) is 0 Å². The Morgan fingerprint density at radius 1 is 1.17 bits per heavy atom. The van der Waals surface area contributed by atoms with Gasteiger partial charge in [-0.15, -0.1) is 0 Å². The van der Waals surface area contributed by atoms with E-state index < -0.39 is 0 Å². The summed E-state index contributed by atoms with van der Waals surface area (Å²) in [6.45, 7) is 0.895. The molecule has 0 spiro atoms. The summed E-state index contributed by atoms with van der Waals surface area (Å²) in [5.41, 5.74) is 0. The van der Waals surface area contributed by atoms with Crippen molar-refractivity contribution in [1.29, 1.82) is 0 Å². The summed E-state index contributed by atoms with van der Waals surface area (Å²) in [6.07, 6.45) is 13.6. The number of hydrogen-bond acceptors (Lipinski definition) is 2. The minimum Gasteiger partial charge on any atom is -0.496 e. The number of likely N-dealkylation sites (N-methyl/N-ethyl adjacent to an activating group) is 1. The van der Waals surface area contributed by atoms with Crippen molar-refractivity contribution in [2.45, 2.75) is 57.4 Å². The van der Waals surface area contributed by atoms with Crippen LogP contribution in [0.5, 0.6) is 0 Å². The molecule has 0 bridgehead atoms. The molecule has 0 amide bonds. The normalized spacial score (nSPS) is 37.6. The van der Waals surface area contributed by atoms with Crippen molar-refractivity contribution in [3.05, 3.63) is 11.8 Å². The molecule has 0 saturated heterocycles. The molecule has 18 heavy (non-hydrogen) atoms. The van der Waals surface area contributed by atoms with Gasteiger partial charge in [-0.25, -0.2) is 0 Å². The molecule has 102 valence electrons. The molecule has 2 fully saturated rings. The number of nitrogens with one attached hydrogen (secondary N) is 1. The first kappa shape index (κ1) is 12.5.